The number of carbonyl (C=O) groups is 1. The van der Waals surface area contributed by atoms with E-state index in [1.165, 1.54) is 31.4 Å². The molecule has 0 bridgehead atoms. The fraction of sp³-hybridized carbons (Fsp3) is 0.429. The Bertz CT molecular complexity index is 758. The topological polar surface area (TPSA) is 57.5 Å². The molecule has 28 heavy (non-hydrogen) atoms. The molecule has 2 aromatic rings. The Morgan fingerprint density at radius 1 is 1.14 bits per heavy atom. The molecule has 1 fully saturated rings. The summed E-state index contributed by atoms with van der Waals surface area (Å²) in [6.45, 7) is 1.05. The Morgan fingerprint density at radius 3 is 2.57 bits per heavy atom. The fourth-order valence-electron chi connectivity index (χ4n) is 3.46. The van der Waals surface area contributed by atoms with E-state index in [4.69, 9.17) is 16.6 Å². The molecule has 7 heteroatoms. The number of furan rings is 1. The molecule has 5 nitrogen and oxygen atoms in total. The van der Waals surface area contributed by atoms with Gasteiger partial charge in [-0.15, -0.1) is 0 Å². The van der Waals surface area contributed by atoms with Crippen molar-refractivity contribution in [3.05, 3.63) is 59.8 Å². The van der Waals surface area contributed by atoms with Crippen LogP contribution in [0.2, 0.25) is 0 Å². The largest absolute Gasteiger partial charge is 0.467 e. The first-order valence-corrected chi connectivity index (χ1v) is 10.1. The van der Waals surface area contributed by atoms with E-state index in [1.807, 2.05) is 6.07 Å². The third-order valence-electron chi connectivity index (χ3n) is 4.98. The van der Waals surface area contributed by atoms with Gasteiger partial charge in [0.15, 0.2) is 5.11 Å². The Kier molecular flexibility index (Phi) is 7.42. The van der Waals surface area contributed by atoms with E-state index in [0.29, 0.717) is 30.0 Å². The zero-order chi connectivity index (χ0) is 19.8. The molecular weight excluding hydrogens is 377 g/mol. The lowest BCUT2D eigenvalue weighted by Crippen LogP contribution is -2.48. The summed E-state index contributed by atoms with van der Waals surface area (Å²) in [6.07, 6.45) is 7.33. The molecule has 0 unspecified atom stereocenters. The van der Waals surface area contributed by atoms with Crippen molar-refractivity contribution in [3.8, 4) is 0 Å². The Hall–Kier alpha value is -2.41. The fourth-order valence-corrected chi connectivity index (χ4v) is 3.75. The van der Waals surface area contributed by atoms with Crippen LogP contribution in [0.3, 0.4) is 0 Å². The molecule has 150 valence electrons. The van der Waals surface area contributed by atoms with Gasteiger partial charge in [0.2, 0.25) is 5.91 Å². The minimum Gasteiger partial charge on any atom is -0.467 e. The average Bonchev–Trinajstić information content (AvgIpc) is 3.24. The number of carbonyl (C=O) groups excluding carboxylic acids is 1. The highest BCUT2D eigenvalue weighted by Gasteiger charge is 2.23. The second-order valence-electron chi connectivity index (χ2n) is 7.06. The second-order valence-corrected chi connectivity index (χ2v) is 7.45. The van der Waals surface area contributed by atoms with E-state index < -0.39 is 0 Å². The number of benzene rings is 1. The van der Waals surface area contributed by atoms with Crippen LogP contribution in [0.4, 0.5) is 4.39 Å². The van der Waals surface area contributed by atoms with Gasteiger partial charge in [0.05, 0.1) is 19.4 Å². The van der Waals surface area contributed by atoms with Gasteiger partial charge in [-0.05, 0) is 54.9 Å². The minimum absolute atomic E-state index is 0.103. The maximum absolute atomic E-state index is 13.2. The summed E-state index contributed by atoms with van der Waals surface area (Å²) in [5.74, 6) is 0.307. The van der Waals surface area contributed by atoms with Crippen molar-refractivity contribution in [2.75, 3.05) is 6.54 Å². The summed E-state index contributed by atoms with van der Waals surface area (Å²) in [7, 11) is 0. The number of amides is 1. The molecule has 1 saturated carbocycles. The first-order valence-electron chi connectivity index (χ1n) is 9.70. The molecule has 1 aromatic carbocycles. The standard InChI is InChI=1S/C21H26FN3O2S/c22-17-10-8-16(9-11-17)15-25(18-5-2-1-3-6-18)21(28)24-14-20(26)23-13-19-7-4-12-27-19/h4,7-12,18H,1-3,5-6,13-15H2,(H,23,26)(H,24,28). The Balaban J connectivity index is 1.55. The first kappa shape index (κ1) is 20.3. The molecule has 0 aliphatic heterocycles. The lowest BCUT2D eigenvalue weighted by Gasteiger charge is -2.36. The first-order chi connectivity index (χ1) is 13.6. The molecule has 1 aliphatic carbocycles. The SMILES string of the molecule is O=C(CNC(=S)N(Cc1ccc(F)cc1)C1CCCCC1)NCc1ccco1. The van der Waals surface area contributed by atoms with Crippen molar-refractivity contribution in [1.82, 2.24) is 15.5 Å². The molecule has 1 heterocycles. The van der Waals surface area contributed by atoms with Gasteiger partial charge in [0.25, 0.3) is 0 Å². The summed E-state index contributed by atoms with van der Waals surface area (Å²) >= 11 is 5.61. The quantitative estimate of drug-likeness (QED) is 0.690. The summed E-state index contributed by atoms with van der Waals surface area (Å²) in [4.78, 5) is 14.2. The number of halogens is 1. The molecular formula is C21H26FN3O2S. The van der Waals surface area contributed by atoms with E-state index in [-0.39, 0.29) is 18.3 Å². The van der Waals surface area contributed by atoms with Crippen molar-refractivity contribution in [2.45, 2.75) is 51.2 Å². The van der Waals surface area contributed by atoms with Gasteiger partial charge in [-0.25, -0.2) is 4.39 Å². The predicted molar refractivity (Wildman–Crippen MR) is 110 cm³/mol. The van der Waals surface area contributed by atoms with Crippen LogP contribution in [0.5, 0.6) is 0 Å². The van der Waals surface area contributed by atoms with E-state index in [9.17, 15) is 9.18 Å². The molecule has 0 atom stereocenters. The number of thiocarbonyl (C=S) groups is 1. The lowest BCUT2D eigenvalue weighted by atomic mass is 9.94. The van der Waals surface area contributed by atoms with Crippen LogP contribution in [0.25, 0.3) is 0 Å². The van der Waals surface area contributed by atoms with Crippen LogP contribution < -0.4 is 10.6 Å². The monoisotopic (exact) mass is 403 g/mol. The maximum atomic E-state index is 13.2. The van der Waals surface area contributed by atoms with E-state index in [0.717, 1.165) is 18.4 Å². The molecule has 0 saturated heterocycles. The number of hydrogen-bond donors (Lipinski definition) is 2. The third-order valence-corrected chi connectivity index (χ3v) is 5.36. The van der Waals surface area contributed by atoms with Gasteiger partial charge in [-0.3, -0.25) is 4.79 Å². The average molecular weight is 404 g/mol. The molecule has 2 N–H and O–H groups in total. The summed E-state index contributed by atoms with van der Waals surface area (Å²) in [5, 5.41) is 6.44. The highest BCUT2D eigenvalue weighted by atomic mass is 32.1. The molecule has 1 aromatic heterocycles. The van der Waals surface area contributed by atoms with Crippen molar-refractivity contribution >= 4 is 23.2 Å². The summed E-state index contributed by atoms with van der Waals surface area (Å²) in [6, 6.07) is 10.4. The second kappa shape index (κ2) is 10.2. The van der Waals surface area contributed by atoms with Crippen molar-refractivity contribution in [2.24, 2.45) is 0 Å². The molecule has 1 aliphatic rings. The van der Waals surface area contributed by atoms with Gasteiger partial charge in [0, 0.05) is 12.6 Å². The Labute approximate surface area is 170 Å². The maximum Gasteiger partial charge on any atom is 0.239 e. The predicted octanol–water partition coefficient (Wildman–Crippen LogP) is 3.74. The lowest BCUT2D eigenvalue weighted by molar-refractivity contribution is -0.120. The van der Waals surface area contributed by atoms with Crippen LogP contribution >= 0.6 is 12.2 Å². The Morgan fingerprint density at radius 2 is 1.89 bits per heavy atom. The third kappa shape index (κ3) is 6.05. The van der Waals surface area contributed by atoms with E-state index >= 15 is 0 Å². The van der Waals surface area contributed by atoms with Gasteiger partial charge < -0.3 is 20.0 Å². The zero-order valence-electron chi connectivity index (χ0n) is 15.8. The summed E-state index contributed by atoms with van der Waals surface area (Å²) < 4.78 is 18.4. The van der Waals surface area contributed by atoms with Crippen LogP contribution in [-0.4, -0.2) is 28.5 Å². The summed E-state index contributed by atoms with van der Waals surface area (Å²) in [5.41, 5.74) is 0.999. The van der Waals surface area contributed by atoms with Crippen molar-refractivity contribution < 1.29 is 13.6 Å². The number of nitrogens with one attached hydrogen (secondary N) is 2. The van der Waals surface area contributed by atoms with Crippen LogP contribution in [0.15, 0.2) is 47.1 Å². The van der Waals surface area contributed by atoms with Crippen LogP contribution in [-0.2, 0) is 17.9 Å². The van der Waals surface area contributed by atoms with Gasteiger partial charge in [0.1, 0.15) is 11.6 Å². The van der Waals surface area contributed by atoms with Crippen molar-refractivity contribution in [1.29, 1.82) is 0 Å². The normalized spacial score (nSPS) is 14.5. The van der Waals surface area contributed by atoms with E-state index in [1.54, 1.807) is 24.5 Å². The van der Waals surface area contributed by atoms with Crippen LogP contribution in [0, 0.1) is 5.82 Å². The molecule has 0 radical (unpaired) electrons. The van der Waals surface area contributed by atoms with Crippen LogP contribution in [0.1, 0.15) is 43.4 Å². The smallest absolute Gasteiger partial charge is 0.239 e. The highest BCUT2D eigenvalue weighted by molar-refractivity contribution is 7.80. The number of rotatable bonds is 7. The molecule has 1 amide bonds. The zero-order valence-corrected chi connectivity index (χ0v) is 16.6. The minimum atomic E-state index is -0.248. The van der Waals surface area contributed by atoms with E-state index in [2.05, 4.69) is 15.5 Å². The number of hydrogen-bond acceptors (Lipinski definition) is 3. The highest BCUT2D eigenvalue weighted by Crippen LogP contribution is 2.24. The van der Waals surface area contributed by atoms with Crippen molar-refractivity contribution in [3.63, 3.8) is 0 Å². The van der Waals surface area contributed by atoms with Gasteiger partial charge >= 0.3 is 0 Å². The van der Waals surface area contributed by atoms with Gasteiger partial charge in [-0.2, -0.15) is 0 Å². The van der Waals surface area contributed by atoms with Gasteiger partial charge in [-0.1, -0.05) is 31.4 Å². The molecule has 3 rings (SSSR count). The molecule has 0 spiro atoms. The number of nitrogens with zero attached hydrogens (tertiary/aromatic N) is 1.